The minimum atomic E-state index is -3.61. The van der Waals surface area contributed by atoms with E-state index in [0.717, 1.165) is 31.0 Å². The zero-order chi connectivity index (χ0) is 15.5. The molecule has 0 spiro atoms. The van der Waals surface area contributed by atoms with Crippen LogP contribution in [0.25, 0.3) is 0 Å². The smallest absolute Gasteiger partial charge is 0.345 e. The first kappa shape index (κ1) is 16.4. The fraction of sp³-hybridized carbons (Fsp3) is 0.615. The van der Waals surface area contributed by atoms with Crippen molar-refractivity contribution in [2.75, 3.05) is 26.2 Å². The highest BCUT2D eigenvalue weighted by atomic mass is 32.2. The summed E-state index contributed by atoms with van der Waals surface area (Å²) in [6.45, 7) is 5.43. The first-order valence-corrected chi connectivity index (χ1v) is 9.23. The molecule has 21 heavy (non-hydrogen) atoms. The lowest BCUT2D eigenvalue weighted by atomic mass is 10.2. The van der Waals surface area contributed by atoms with Gasteiger partial charge in [0.2, 0.25) is 10.0 Å². The third-order valence-electron chi connectivity index (χ3n) is 3.45. The van der Waals surface area contributed by atoms with E-state index in [2.05, 4.69) is 9.62 Å². The van der Waals surface area contributed by atoms with Gasteiger partial charge in [-0.3, -0.25) is 0 Å². The maximum atomic E-state index is 12.1. The van der Waals surface area contributed by atoms with E-state index < -0.39 is 16.0 Å². The number of nitrogens with one attached hydrogen (secondary N) is 1. The highest BCUT2D eigenvalue weighted by molar-refractivity contribution is 7.91. The van der Waals surface area contributed by atoms with Gasteiger partial charge in [0.25, 0.3) is 0 Å². The van der Waals surface area contributed by atoms with E-state index in [0.29, 0.717) is 6.54 Å². The monoisotopic (exact) mass is 332 g/mol. The molecule has 1 atom stereocenters. The summed E-state index contributed by atoms with van der Waals surface area (Å²) in [4.78, 5) is 13.2. The standard InChI is InChI=1S/C13H20N2O4S2/c1-10(9-15-6-2-3-7-15)8-14-21(18,19)12-5-4-11(20-12)13(16)17/h4-5,10,14H,2-3,6-9H2,1H3,(H,16,17). The van der Waals surface area contributed by atoms with E-state index in [4.69, 9.17) is 5.11 Å². The zero-order valence-electron chi connectivity index (χ0n) is 11.9. The molecule has 0 saturated carbocycles. The molecular weight excluding hydrogens is 312 g/mol. The van der Waals surface area contributed by atoms with Gasteiger partial charge in [-0.05, 0) is 44.0 Å². The van der Waals surface area contributed by atoms with E-state index in [1.54, 1.807) is 0 Å². The molecule has 1 aromatic rings. The molecule has 0 aliphatic carbocycles. The summed E-state index contributed by atoms with van der Waals surface area (Å²) in [5.74, 6) is -0.888. The molecule has 0 radical (unpaired) electrons. The molecule has 2 heterocycles. The van der Waals surface area contributed by atoms with Crippen molar-refractivity contribution in [1.82, 2.24) is 9.62 Å². The molecule has 1 saturated heterocycles. The number of rotatable bonds is 7. The predicted octanol–water partition coefficient (Wildman–Crippen LogP) is 1.46. The van der Waals surface area contributed by atoms with Gasteiger partial charge in [-0.2, -0.15) is 0 Å². The lowest BCUT2D eigenvalue weighted by Gasteiger charge is -2.20. The second-order valence-corrected chi connectivity index (χ2v) is 8.47. The Morgan fingerprint density at radius 1 is 1.43 bits per heavy atom. The first-order chi connectivity index (χ1) is 9.88. The van der Waals surface area contributed by atoms with E-state index in [9.17, 15) is 13.2 Å². The van der Waals surface area contributed by atoms with Crippen LogP contribution in [-0.4, -0.2) is 50.6 Å². The van der Waals surface area contributed by atoms with Gasteiger partial charge >= 0.3 is 5.97 Å². The molecule has 8 heteroatoms. The van der Waals surface area contributed by atoms with Gasteiger partial charge in [-0.25, -0.2) is 17.9 Å². The Kier molecular flexibility index (Phi) is 5.37. The van der Waals surface area contributed by atoms with Gasteiger partial charge < -0.3 is 10.0 Å². The maximum absolute atomic E-state index is 12.1. The largest absolute Gasteiger partial charge is 0.477 e. The average Bonchev–Trinajstić information content (AvgIpc) is 3.07. The molecule has 1 unspecified atom stereocenters. The second-order valence-electron chi connectivity index (χ2n) is 5.39. The Morgan fingerprint density at radius 2 is 2.10 bits per heavy atom. The number of hydrogen-bond donors (Lipinski definition) is 2. The molecule has 0 bridgehead atoms. The summed E-state index contributed by atoms with van der Waals surface area (Å²) < 4.78 is 26.8. The van der Waals surface area contributed by atoms with E-state index in [1.165, 1.54) is 25.0 Å². The number of hydrogen-bond acceptors (Lipinski definition) is 5. The third-order valence-corrected chi connectivity index (χ3v) is 6.44. The molecule has 6 nitrogen and oxygen atoms in total. The van der Waals surface area contributed by atoms with Crippen LogP contribution in [0.2, 0.25) is 0 Å². The van der Waals surface area contributed by atoms with Gasteiger partial charge in [0.15, 0.2) is 0 Å². The fourth-order valence-corrected chi connectivity index (χ4v) is 4.73. The lowest BCUT2D eigenvalue weighted by Crippen LogP contribution is -2.34. The molecule has 0 aromatic carbocycles. The van der Waals surface area contributed by atoms with Crippen LogP contribution in [0, 0.1) is 5.92 Å². The summed E-state index contributed by atoms with van der Waals surface area (Å²) in [6, 6.07) is 2.65. The zero-order valence-corrected chi connectivity index (χ0v) is 13.5. The van der Waals surface area contributed by atoms with Gasteiger partial charge in [0, 0.05) is 13.1 Å². The Balaban J connectivity index is 1.89. The fourth-order valence-electron chi connectivity index (χ4n) is 2.37. The lowest BCUT2D eigenvalue weighted by molar-refractivity contribution is 0.0702. The van der Waals surface area contributed by atoms with Crippen LogP contribution in [0.5, 0.6) is 0 Å². The number of carboxylic acids is 1. The van der Waals surface area contributed by atoms with Crippen LogP contribution in [0.1, 0.15) is 29.4 Å². The van der Waals surface area contributed by atoms with Gasteiger partial charge in [0.05, 0.1) is 0 Å². The first-order valence-electron chi connectivity index (χ1n) is 6.93. The number of sulfonamides is 1. The number of carboxylic acid groups (broad SMARTS) is 1. The topological polar surface area (TPSA) is 86.7 Å². The van der Waals surface area contributed by atoms with Crippen molar-refractivity contribution in [2.24, 2.45) is 5.92 Å². The van der Waals surface area contributed by atoms with Crippen molar-refractivity contribution in [3.8, 4) is 0 Å². The normalized spacial score (nSPS) is 18.0. The molecule has 2 N–H and O–H groups in total. The number of thiophene rings is 1. The predicted molar refractivity (Wildman–Crippen MR) is 81.3 cm³/mol. The van der Waals surface area contributed by atoms with Crippen LogP contribution in [0.3, 0.4) is 0 Å². The highest BCUT2D eigenvalue weighted by Crippen LogP contribution is 2.21. The van der Waals surface area contributed by atoms with Crippen molar-refractivity contribution >= 4 is 27.3 Å². The van der Waals surface area contributed by atoms with Crippen LogP contribution in [0.15, 0.2) is 16.3 Å². The van der Waals surface area contributed by atoms with E-state index >= 15 is 0 Å². The number of likely N-dealkylation sites (tertiary alicyclic amines) is 1. The average molecular weight is 332 g/mol. The van der Waals surface area contributed by atoms with Crippen molar-refractivity contribution in [1.29, 1.82) is 0 Å². The summed E-state index contributed by atoms with van der Waals surface area (Å²) >= 11 is 0.772. The van der Waals surface area contributed by atoms with Crippen molar-refractivity contribution in [3.63, 3.8) is 0 Å². The Morgan fingerprint density at radius 3 is 2.67 bits per heavy atom. The Hall–Kier alpha value is -0.960. The number of aromatic carboxylic acids is 1. The second kappa shape index (κ2) is 6.87. The third kappa shape index (κ3) is 4.50. The quantitative estimate of drug-likeness (QED) is 0.789. The molecule has 118 valence electrons. The summed E-state index contributed by atoms with van der Waals surface area (Å²) in [7, 11) is -3.61. The molecule has 1 fully saturated rings. The summed E-state index contributed by atoms with van der Waals surface area (Å²) in [5.41, 5.74) is 0. The van der Waals surface area contributed by atoms with E-state index in [-0.39, 0.29) is 15.0 Å². The number of nitrogens with zero attached hydrogens (tertiary/aromatic N) is 1. The van der Waals surface area contributed by atoms with Crippen molar-refractivity contribution < 1.29 is 18.3 Å². The van der Waals surface area contributed by atoms with Gasteiger partial charge in [-0.1, -0.05) is 6.92 Å². The maximum Gasteiger partial charge on any atom is 0.345 e. The molecule has 0 amide bonds. The summed E-state index contributed by atoms with van der Waals surface area (Å²) in [6.07, 6.45) is 2.43. The molecule has 1 aliphatic heterocycles. The van der Waals surface area contributed by atoms with E-state index in [1.807, 2.05) is 6.92 Å². The minimum absolute atomic E-state index is 0.0282. The van der Waals surface area contributed by atoms with Crippen molar-refractivity contribution in [2.45, 2.75) is 24.0 Å². The van der Waals surface area contributed by atoms with Gasteiger partial charge in [-0.15, -0.1) is 11.3 Å². The van der Waals surface area contributed by atoms with Crippen LogP contribution >= 0.6 is 11.3 Å². The van der Waals surface area contributed by atoms with Crippen LogP contribution in [-0.2, 0) is 10.0 Å². The van der Waals surface area contributed by atoms with Crippen LogP contribution < -0.4 is 4.72 Å². The molecule has 1 aromatic heterocycles. The SMILES string of the molecule is CC(CNS(=O)(=O)c1ccc(C(=O)O)s1)CN1CCCC1. The molecular formula is C13H20N2O4S2. The van der Waals surface area contributed by atoms with Gasteiger partial charge in [0.1, 0.15) is 9.09 Å². The summed E-state index contributed by atoms with van der Waals surface area (Å²) in [5, 5.41) is 8.83. The Labute approximate surface area is 128 Å². The van der Waals surface area contributed by atoms with Crippen molar-refractivity contribution in [3.05, 3.63) is 17.0 Å². The minimum Gasteiger partial charge on any atom is -0.477 e. The van der Waals surface area contributed by atoms with Crippen LogP contribution in [0.4, 0.5) is 0 Å². The molecule has 2 rings (SSSR count). The Bertz CT molecular complexity index is 591. The highest BCUT2D eigenvalue weighted by Gasteiger charge is 2.21. The number of carbonyl (C=O) groups is 1. The molecule has 1 aliphatic rings.